The fourth-order valence-corrected chi connectivity index (χ4v) is 3.24. The van der Waals surface area contributed by atoms with Crippen molar-refractivity contribution in [2.45, 2.75) is 6.29 Å². The first-order valence-electron chi connectivity index (χ1n) is 11.9. The highest BCUT2D eigenvalue weighted by atomic mass is 16.6. The van der Waals surface area contributed by atoms with E-state index in [0.717, 1.165) is 23.0 Å². The van der Waals surface area contributed by atoms with Gasteiger partial charge in [-0.15, -0.1) is 0 Å². The highest BCUT2D eigenvalue weighted by Crippen LogP contribution is 2.27. The van der Waals surface area contributed by atoms with Gasteiger partial charge < -0.3 is 33.5 Å². The lowest BCUT2D eigenvalue weighted by molar-refractivity contribution is -0.139. The molecule has 196 valence electrons. The second-order valence-electron chi connectivity index (χ2n) is 7.74. The fourth-order valence-electron chi connectivity index (χ4n) is 3.24. The molecule has 0 heterocycles. The molecule has 8 nitrogen and oxygen atoms in total. The number of benzene rings is 3. The minimum absolute atomic E-state index is 0.181. The summed E-state index contributed by atoms with van der Waals surface area (Å²) >= 11 is 0. The van der Waals surface area contributed by atoms with Crippen molar-refractivity contribution in [3.63, 3.8) is 0 Å². The summed E-state index contributed by atoms with van der Waals surface area (Å²) in [6.45, 7) is 5.36. The molecule has 0 aliphatic carbocycles. The van der Waals surface area contributed by atoms with Gasteiger partial charge in [-0.3, -0.25) is 0 Å². The molecule has 0 aromatic heterocycles. The Labute approximate surface area is 217 Å². The van der Waals surface area contributed by atoms with Crippen molar-refractivity contribution in [1.29, 1.82) is 0 Å². The lowest BCUT2D eigenvalue weighted by Crippen LogP contribution is -2.13. The van der Waals surface area contributed by atoms with Gasteiger partial charge >= 0.3 is 5.97 Å². The zero-order valence-corrected chi connectivity index (χ0v) is 20.8. The Hall–Kier alpha value is -3.85. The van der Waals surface area contributed by atoms with E-state index in [-0.39, 0.29) is 6.61 Å². The third kappa shape index (κ3) is 9.61. The first-order valence-corrected chi connectivity index (χ1v) is 11.9. The average molecular weight is 509 g/mol. The predicted octanol–water partition coefficient (Wildman–Crippen LogP) is 4.57. The molecule has 0 saturated carbocycles. The molecular formula is C29H32O8. The van der Waals surface area contributed by atoms with E-state index < -0.39 is 12.3 Å². The maximum absolute atomic E-state index is 10.9. The molecule has 0 spiro atoms. The zero-order chi connectivity index (χ0) is 26.3. The Kier molecular flexibility index (Phi) is 11.5. The van der Waals surface area contributed by atoms with Crippen LogP contribution in [-0.4, -0.2) is 57.8 Å². The third-order valence-corrected chi connectivity index (χ3v) is 5.20. The SMILES string of the molecule is C=CC(=O)OCCOCCOCCOc1ccc(C(O)Oc2ccc(-c3ccc(OC)cc3)cc2)cc1. The largest absolute Gasteiger partial charge is 0.497 e. The molecular weight excluding hydrogens is 476 g/mol. The molecule has 1 N–H and O–H groups in total. The number of aliphatic hydroxyl groups excluding tert-OH is 1. The van der Waals surface area contributed by atoms with Crippen molar-refractivity contribution in [2.24, 2.45) is 0 Å². The van der Waals surface area contributed by atoms with Crippen LogP contribution >= 0.6 is 0 Å². The van der Waals surface area contributed by atoms with Crippen molar-refractivity contribution < 1.29 is 38.3 Å². The van der Waals surface area contributed by atoms with Crippen LogP contribution in [0.1, 0.15) is 11.9 Å². The lowest BCUT2D eigenvalue weighted by atomic mass is 10.1. The Morgan fingerprint density at radius 2 is 1.27 bits per heavy atom. The third-order valence-electron chi connectivity index (χ3n) is 5.20. The van der Waals surface area contributed by atoms with Gasteiger partial charge in [0, 0.05) is 11.6 Å². The summed E-state index contributed by atoms with van der Waals surface area (Å²) in [5.74, 6) is 1.55. The van der Waals surface area contributed by atoms with E-state index in [1.807, 2.05) is 48.5 Å². The topological polar surface area (TPSA) is 92.7 Å². The van der Waals surface area contributed by atoms with Crippen molar-refractivity contribution in [3.05, 3.63) is 91.0 Å². The predicted molar refractivity (Wildman–Crippen MR) is 139 cm³/mol. The molecule has 0 aliphatic rings. The second-order valence-corrected chi connectivity index (χ2v) is 7.74. The molecule has 0 aliphatic heterocycles. The van der Waals surface area contributed by atoms with Crippen molar-refractivity contribution >= 4 is 5.97 Å². The number of hydrogen-bond acceptors (Lipinski definition) is 8. The summed E-state index contributed by atoms with van der Waals surface area (Å²) in [5.41, 5.74) is 2.71. The van der Waals surface area contributed by atoms with Crippen LogP contribution in [0.3, 0.4) is 0 Å². The maximum atomic E-state index is 10.9. The van der Waals surface area contributed by atoms with Crippen LogP contribution in [0.25, 0.3) is 11.1 Å². The molecule has 0 amide bonds. The number of rotatable bonds is 16. The normalized spacial score (nSPS) is 11.4. The van der Waals surface area contributed by atoms with Gasteiger partial charge in [-0.25, -0.2) is 4.79 Å². The smallest absolute Gasteiger partial charge is 0.330 e. The first kappa shape index (κ1) is 27.7. The van der Waals surface area contributed by atoms with E-state index in [0.29, 0.717) is 50.1 Å². The number of ether oxygens (including phenoxy) is 6. The highest BCUT2D eigenvalue weighted by molar-refractivity contribution is 5.81. The molecule has 3 aromatic carbocycles. The fraction of sp³-hybridized carbons (Fsp3) is 0.276. The summed E-state index contributed by atoms with van der Waals surface area (Å²) < 4.78 is 32.0. The van der Waals surface area contributed by atoms with Gasteiger partial charge in [-0.2, -0.15) is 0 Å². The van der Waals surface area contributed by atoms with Crippen molar-refractivity contribution in [1.82, 2.24) is 0 Å². The number of carbonyl (C=O) groups is 1. The standard InChI is InChI=1S/C29H32O8/c1-3-28(30)36-21-19-34-17-16-33-18-20-35-26-12-8-24(9-13-26)29(31)37-27-14-6-23(7-15-27)22-4-10-25(32-2)11-5-22/h3-15,29,31H,1,16-21H2,2H3. The Morgan fingerprint density at radius 3 is 1.84 bits per heavy atom. The van der Waals surface area contributed by atoms with E-state index >= 15 is 0 Å². The van der Waals surface area contributed by atoms with E-state index in [4.69, 9.17) is 28.4 Å². The summed E-state index contributed by atoms with van der Waals surface area (Å²) in [5, 5.41) is 10.5. The summed E-state index contributed by atoms with van der Waals surface area (Å²) in [6, 6.07) is 22.4. The van der Waals surface area contributed by atoms with Gasteiger partial charge in [0.2, 0.25) is 6.29 Å². The Balaban J connectivity index is 1.33. The minimum atomic E-state index is -1.11. The van der Waals surface area contributed by atoms with E-state index in [2.05, 4.69) is 6.58 Å². The van der Waals surface area contributed by atoms with Gasteiger partial charge in [0.25, 0.3) is 0 Å². The van der Waals surface area contributed by atoms with E-state index in [1.165, 1.54) is 0 Å². The van der Waals surface area contributed by atoms with E-state index in [9.17, 15) is 9.90 Å². The Bertz CT molecular complexity index is 1080. The second kappa shape index (κ2) is 15.3. The van der Waals surface area contributed by atoms with Crippen molar-refractivity contribution in [2.75, 3.05) is 46.8 Å². The van der Waals surface area contributed by atoms with Crippen LogP contribution in [0.2, 0.25) is 0 Å². The average Bonchev–Trinajstić information content (AvgIpc) is 2.94. The van der Waals surface area contributed by atoms with Crippen LogP contribution < -0.4 is 14.2 Å². The Morgan fingerprint density at radius 1 is 0.757 bits per heavy atom. The van der Waals surface area contributed by atoms with Gasteiger partial charge in [-0.05, 0) is 59.7 Å². The lowest BCUT2D eigenvalue weighted by Gasteiger charge is -2.15. The van der Waals surface area contributed by atoms with E-state index in [1.54, 1.807) is 31.4 Å². The molecule has 37 heavy (non-hydrogen) atoms. The van der Waals surface area contributed by atoms with Crippen LogP contribution in [-0.2, 0) is 19.0 Å². The van der Waals surface area contributed by atoms with Gasteiger partial charge in [0.05, 0.1) is 33.5 Å². The number of methoxy groups -OCH3 is 1. The number of aliphatic hydroxyl groups is 1. The molecule has 0 radical (unpaired) electrons. The monoisotopic (exact) mass is 508 g/mol. The first-order chi connectivity index (χ1) is 18.1. The molecule has 1 unspecified atom stereocenters. The van der Waals surface area contributed by atoms with Crippen molar-refractivity contribution in [3.8, 4) is 28.4 Å². The number of hydrogen-bond donors (Lipinski definition) is 1. The van der Waals surface area contributed by atoms with Crippen LogP contribution in [0, 0.1) is 0 Å². The van der Waals surface area contributed by atoms with Gasteiger partial charge in [0.1, 0.15) is 30.5 Å². The maximum Gasteiger partial charge on any atom is 0.330 e. The van der Waals surface area contributed by atoms with Crippen LogP contribution in [0.5, 0.6) is 17.2 Å². The number of carbonyl (C=O) groups excluding carboxylic acids is 1. The summed E-state index contributed by atoms with van der Waals surface area (Å²) in [7, 11) is 1.64. The molecule has 1 atom stereocenters. The molecule has 3 rings (SSSR count). The molecule has 0 bridgehead atoms. The minimum Gasteiger partial charge on any atom is -0.497 e. The highest BCUT2D eigenvalue weighted by Gasteiger charge is 2.10. The van der Waals surface area contributed by atoms with Crippen LogP contribution in [0.4, 0.5) is 0 Å². The molecule has 8 heteroatoms. The van der Waals surface area contributed by atoms with Crippen LogP contribution in [0.15, 0.2) is 85.5 Å². The molecule has 0 fully saturated rings. The molecule has 0 saturated heterocycles. The quantitative estimate of drug-likeness (QED) is 0.130. The summed E-state index contributed by atoms with van der Waals surface area (Å²) in [4.78, 5) is 10.9. The number of esters is 1. The molecule has 3 aromatic rings. The van der Waals surface area contributed by atoms with Gasteiger partial charge in [-0.1, -0.05) is 30.8 Å². The summed E-state index contributed by atoms with van der Waals surface area (Å²) in [6.07, 6.45) is 0.00126. The van der Waals surface area contributed by atoms with Gasteiger partial charge in [0.15, 0.2) is 0 Å². The zero-order valence-electron chi connectivity index (χ0n) is 20.8.